The Bertz CT molecular complexity index is 1450. The van der Waals surface area contributed by atoms with Crippen molar-refractivity contribution in [1.82, 2.24) is 10.2 Å². The van der Waals surface area contributed by atoms with Gasteiger partial charge in [-0.1, -0.05) is 37.3 Å². The van der Waals surface area contributed by atoms with Gasteiger partial charge in [0.2, 0.25) is 5.91 Å². The van der Waals surface area contributed by atoms with Gasteiger partial charge < -0.3 is 25.2 Å². The fourth-order valence-electron chi connectivity index (χ4n) is 7.61. The average Bonchev–Trinajstić information content (AvgIpc) is 3.48. The van der Waals surface area contributed by atoms with Crippen LogP contribution in [0.1, 0.15) is 66.9 Å². The van der Waals surface area contributed by atoms with Gasteiger partial charge in [0.1, 0.15) is 5.82 Å². The Labute approximate surface area is 266 Å². The minimum absolute atomic E-state index is 0.0722. The smallest absolute Gasteiger partial charge is 0.257 e. The first kappa shape index (κ1) is 31.3. The third kappa shape index (κ3) is 6.96. The number of hydrogen-bond donors (Lipinski definition) is 2. The fraction of sp³-hybridized carbons (Fsp3) is 0.514. The number of piperidine rings is 1. The lowest BCUT2D eigenvalue weighted by Crippen LogP contribution is -2.55. The highest BCUT2D eigenvalue weighted by Crippen LogP contribution is 2.37. The van der Waals surface area contributed by atoms with Crippen LogP contribution < -0.4 is 15.5 Å². The molecule has 4 aliphatic rings. The SMILES string of the molecule is Cc1ccc(NC(=O)[C@H]2CCCN(C(=O)c3c(C)cccc3F)[C@H]2C2C=CC(NC3CCOCC3)=CC2)cc1N1CC[C@H](C)C1. The molecule has 4 atom stereocenters. The van der Waals surface area contributed by atoms with Crippen molar-refractivity contribution in [1.29, 1.82) is 0 Å². The molecule has 3 aliphatic heterocycles. The Hall–Kier alpha value is -3.65. The zero-order valence-corrected chi connectivity index (χ0v) is 26.9. The Morgan fingerprint density at radius 2 is 1.82 bits per heavy atom. The number of benzene rings is 2. The summed E-state index contributed by atoms with van der Waals surface area (Å²) in [6, 6.07) is 10.9. The van der Waals surface area contributed by atoms with E-state index in [2.05, 4.69) is 59.7 Å². The van der Waals surface area contributed by atoms with Crippen LogP contribution in [-0.4, -0.2) is 61.6 Å². The zero-order valence-electron chi connectivity index (χ0n) is 26.9. The molecule has 1 aliphatic carbocycles. The normalized spacial score (nSPS) is 25.6. The highest BCUT2D eigenvalue weighted by molar-refractivity contribution is 5.98. The predicted molar refractivity (Wildman–Crippen MR) is 177 cm³/mol. The molecule has 3 heterocycles. The van der Waals surface area contributed by atoms with Crippen LogP contribution >= 0.6 is 0 Å². The number of amides is 2. The van der Waals surface area contributed by atoms with Gasteiger partial charge in [-0.25, -0.2) is 4.39 Å². The maximum Gasteiger partial charge on any atom is 0.257 e. The number of nitrogens with one attached hydrogen (secondary N) is 2. The van der Waals surface area contributed by atoms with Crippen molar-refractivity contribution in [2.45, 2.75) is 71.4 Å². The number of aryl methyl sites for hydroxylation is 2. The Balaban J connectivity index is 1.26. The summed E-state index contributed by atoms with van der Waals surface area (Å²) < 4.78 is 20.6. The maximum absolute atomic E-state index is 15.1. The van der Waals surface area contributed by atoms with Crippen LogP contribution in [0.15, 0.2) is 60.3 Å². The van der Waals surface area contributed by atoms with E-state index < -0.39 is 17.8 Å². The molecule has 6 rings (SSSR count). The highest BCUT2D eigenvalue weighted by Gasteiger charge is 2.43. The van der Waals surface area contributed by atoms with Crippen molar-refractivity contribution < 1.29 is 18.7 Å². The number of hydrogen-bond acceptors (Lipinski definition) is 5. The molecule has 3 fully saturated rings. The number of ether oxygens (including phenoxy) is 1. The molecule has 0 spiro atoms. The number of likely N-dealkylation sites (tertiary alicyclic amines) is 1. The molecule has 2 amide bonds. The lowest BCUT2D eigenvalue weighted by molar-refractivity contribution is -0.123. The minimum Gasteiger partial charge on any atom is -0.382 e. The Kier molecular flexibility index (Phi) is 9.59. The van der Waals surface area contributed by atoms with E-state index in [-0.39, 0.29) is 23.3 Å². The summed E-state index contributed by atoms with van der Waals surface area (Å²) in [5.74, 6) is -0.794. The molecule has 3 saturated heterocycles. The van der Waals surface area contributed by atoms with Gasteiger partial charge in [-0.05, 0) is 93.7 Å². The molecule has 0 aromatic heterocycles. The van der Waals surface area contributed by atoms with Gasteiger partial charge in [-0.15, -0.1) is 0 Å². The van der Waals surface area contributed by atoms with Crippen molar-refractivity contribution in [2.75, 3.05) is 43.1 Å². The summed E-state index contributed by atoms with van der Waals surface area (Å²) in [5, 5.41) is 6.87. The number of nitrogens with zero attached hydrogens (tertiary/aromatic N) is 2. The second-order valence-corrected chi connectivity index (χ2v) is 13.4. The topological polar surface area (TPSA) is 73.9 Å². The second-order valence-electron chi connectivity index (χ2n) is 13.4. The number of carbonyl (C=O) groups is 2. The quantitative estimate of drug-likeness (QED) is 0.379. The van der Waals surface area contributed by atoms with Crippen LogP contribution in [0.5, 0.6) is 0 Å². The van der Waals surface area contributed by atoms with E-state index in [9.17, 15) is 9.59 Å². The van der Waals surface area contributed by atoms with E-state index in [1.165, 1.54) is 18.1 Å². The van der Waals surface area contributed by atoms with E-state index in [1.54, 1.807) is 24.0 Å². The number of carbonyl (C=O) groups excluding carboxylic acids is 2. The van der Waals surface area contributed by atoms with Crippen LogP contribution in [0.3, 0.4) is 0 Å². The molecule has 8 heteroatoms. The summed E-state index contributed by atoms with van der Waals surface area (Å²) in [6.07, 6.45) is 11.6. The first-order valence-electron chi connectivity index (χ1n) is 16.7. The summed E-state index contributed by atoms with van der Waals surface area (Å²) in [4.78, 5) is 32.4. The molecule has 2 aromatic rings. The van der Waals surface area contributed by atoms with Gasteiger partial charge in [0.05, 0.1) is 17.5 Å². The van der Waals surface area contributed by atoms with Crippen LogP contribution in [-0.2, 0) is 9.53 Å². The third-order valence-corrected chi connectivity index (χ3v) is 10.1. The molecule has 0 radical (unpaired) electrons. The minimum atomic E-state index is -0.518. The Morgan fingerprint density at radius 3 is 2.53 bits per heavy atom. The van der Waals surface area contributed by atoms with Crippen LogP contribution in [0.25, 0.3) is 0 Å². The van der Waals surface area contributed by atoms with E-state index in [4.69, 9.17) is 4.74 Å². The monoisotopic (exact) mass is 614 g/mol. The Morgan fingerprint density at radius 1 is 1.00 bits per heavy atom. The summed E-state index contributed by atoms with van der Waals surface area (Å²) >= 11 is 0. The van der Waals surface area contributed by atoms with Crippen molar-refractivity contribution >= 4 is 23.2 Å². The molecule has 2 aromatic carbocycles. The summed E-state index contributed by atoms with van der Waals surface area (Å²) in [5.41, 5.74) is 4.91. The van der Waals surface area contributed by atoms with Gasteiger partial charge in [0.25, 0.3) is 5.91 Å². The van der Waals surface area contributed by atoms with Gasteiger partial charge in [-0.2, -0.15) is 0 Å². The number of halogens is 1. The first-order chi connectivity index (χ1) is 21.8. The van der Waals surface area contributed by atoms with Crippen molar-refractivity contribution in [3.63, 3.8) is 0 Å². The average molecular weight is 615 g/mol. The molecule has 240 valence electrons. The molecule has 45 heavy (non-hydrogen) atoms. The van der Waals surface area contributed by atoms with Crippen molar-refractivity contribution in [3.05, 3.63) is 82.8 Å². The van der Waals surface area contributed by atoms with E-state index >= 15 is 4.39 Å². The second kappa shape index (κ2) is 13.8. The van der Waals surface area contributed by atoms with Crippen LogP contribution in [0.2, 0.25) is 0 Å². The lowest BCUT2D eigenvalue weighted by Gasteiger charge is -2.44. The molecular formula is C37H47FN4O3. The predicted octanol–water partition coefficient (Wildman–Crippen LogP) is 6.38. The van der Waals surface area contributed by atoms with E-state index in [0.29, 0.717) is 43.3 Å². The third-order valence-electron chi connectivity index (χ3n) is 10.1. The van der Waals surface area contributed by atoms with Crippen LogP contribution in [0.4, 0.5) is 15.8 Å². The number of anilines is 2. The van der Waals surface area contributed by atoms with E-state index in [1.807, 2.05) is 6.07 Å². The van der Waals surface area contributed by atoms with Gasteiger partial charge >= 0.3 is 0 Å². The largest absolute Gasteiger partial charge is 0.382 e. The van der Waals surface area contributed by atoms with Crippen molar-refractivity contribution in [2.24, 2.45) is 17.8 Å². The van der Waals surface area contributed by atoms with Gasteiger partial charge in [-0.3, -0.25) is 9.59 Å². The molecular weight excluding hydrogens is 567 g/mol. The van der Waals surface area contributed by atoms with Crippen molar-refractivity contribution in [3.8, 4) is 0 Å². The van der Waals surface area contributed by atoms with Gasteiger partial charge in [0, 0.05) is 61.9 Å². The highest BCUT2D eigenvalue weighted by atomic mass is 19.1. The molecule has 0 bridgehead atoms. The number of rotatable bonds is 7. The summed E-state index contributed by atoms with van der Waals surface area (Å²) in [7, 11) is 0. The maximum atomic E-state index is 15.1. The molecule has 2 N–H and O–H groups in total. The van der Waals surface area contributed by atoms with Crippen LogP contribution in [0, 0.1) is 37.4 Å². The molecule has 1 unspecified atom stereocenters. The zero-order chi connectivity index (χ0) is 31.5. The molecule has 0 saturated carbocycles. The fourth-order valence-corrected chi connectivity index (χ4v) is 7.61. The standard InChI is InChI=1S/C37H47FN4O3/c1-24-15-19-41(23-24)33-22-30(12-9-25(33)2)40-36(43)31-7-5-18-42(37(44)34-26(3)6-4-8-32(34)38)35(31)27-10-13-28(14-11-27)39-29-16-20-45-21-17-29/h4,6,8-10,12-14,22,24,27,29,31,35,39H,5,7,11,15-21,23H2,1-3H3,(H,40,43)/t24-,27?,31-,35-/m0/s1. The summed E-state index contributed by atoms with van der Waals surface area (Å²) in [6.45, 7) is 10.2. The first-order valence-corrected chi connectivity index (χ1v) is 16.7. The van der Waals surface area contributed by atoms with E-state index in [0.717, 1.165) is 56.2 Å². The lowest BCUT2D eigenvalue weighted by atomic mass is 9.77. The van der Waals surface area contributed by atoms with Gasteiger partial charge in [0.15, 0.2) is 0 Å². The number of allylic oxidation sites excluding steroid dienone is 2. The molecule has 7 nitrogen and oxygen atoms in total.